The summed E-state index contributed by atoms with van der Waals surface area (Å²) in [6.07, 6.45) is -1.93. The number of carbonyl (C=O) groups is 1. The maximum Gasteiger partial charge on any atom is 0.422 e. The van der Waals surface area contributed by atoms with Crippen molar-refractivity contribution in [1.82, 2.24) is 19.7 Å². The number of halogens is 5. The number of nitrogens with zero attached hydrogens (tertiary/aromatic N) is 5. The third-order valence-corrected chi connectivity index (χ3v) is 6.02. The molecule has 0 spiro atoms. The number of ether oxygens (including phenoxy) is 1. The third kappa shape index (κ3) is 5.25. The second-order valence-electron chi connectivity index (χ2n) is 8.34. The normalized spacial score (nSPS) is 16.8. The number of hydrogen-bond donors (Lipinski definition) is 1. The summed E-state index contributed by atoms with van der Waals surface area (Å²) < 4.78 is 71.4. The zero-order chi connectivity index (χ0) is 26.1. The Morgan fingerprint density at radius 1 is 1.11 bits per heavy atom. The molecule has 4 rings (SSSR count). The van der Waals surface area contributed by atoms with Crippen molar-refractivity contribution in [2.45, 2.75) is 31.3 Å². The van der Waals surface area contributed by atoms with Crippen LogP contribution in [0.4, 0.5) is 32.4 Å². The van der Waals surface area contributed by atoms with Crippen LogP contribution < -0.4 is 9.64 Å². The minimum atomic E-state index is -4.48. The molecule has 36 heavy (non-hydrogen) atoms. The van der Waals surface area contributed by atoms with Crippen LogP contribution in [0, 0.1) is 11.6 Å². The molecule has 1 fully saturated rings. The molecule has 0 bridgehead atoms. The Bertz CT molecular complexity index is 1210. The van der Waals surface area contributed by atoms with Gasteiger partial charge in [-0.15, -0.1) is 0 Å². The summed E-state index contributed by atoms with van der Waals surface area (Å²) in [5, 5.41) is 15.7. The topological polar surface area (TPSA) is 83.7 Å². The molecule has 192 valence electrons. The second-order valence-corrected chi connectivity index (χ2v) is 8.34. The Morgan fingerprint density at radius 2 is 1.83 bits per heavy atom. The highest BCUT2D eigenvalue weighted by Crippen LogP contribution is 2.35. The van der Waals surface area contributed by atoms with Crippen LogP contribution in [0.25, 0.3) is 0 Å². The van der Waals surface area contributed by atoms with E-state index in [2.05, 4.69) is 14.8 Å². The number of urea groups is 1. The van der Waals surface area contributed by atoms with Crippen LogP contribution in [0.3, 0.4) is 0 Å². The molecule has 1 aliphatic heterocycles. The molecule has 1 saturated heterocycles. The number of anilines is 1. The lowest BCUT2D eigenvalue weighted by molar-refractivity contribution is -0.153. The summed E-state index contributed by atoms with van der Waals surface area (Å²) in [5.74, 6) is -1.82. The monoisotopic (exact) mass is 511 g/mol. The summed E-state index contributed by atoms with van der Waals surface area (Å²) >= 11 is 0. The lowest BCUT2D eigenvalue weighted by Crippen LogP contribution is -2.53. The van der Waals surface area contributed by atoms with E-state index in [1.165, 1.54) is 58.3 Å². The summed E-state index contributed by atoms with van der Waals surface area (Å²) in [7, 11) is 0. The Balaban J connectivity index is 1.57. The van der Waals surface area contributed by atoms with Crippen LogP contribution in [-0.4, -0.2) is 62.7 Å². The van der Waals surface area contributed by atoms with Crippen molar-refractivity contribution in [2.24, 2.45) is 0 Å². The zero-order valence-electron chi connectivity index (χ0n) is 19.0. The maximum atomic E-state index is 14.8. The molecule has 0 unspecified atom stereocenters. The van der Waals surface area contributed by atoms with E-state index in [4.69, 9.17) is 0 Å². The van der Waals surface area contributed by atoms with Gasteiger partial charge in [-0.3, -0.25) is 4.90 Å². The van der Waals surface area contributed by atoms with Gasteiger partial charge in [0, 0.05) is 30.4 Å². The summed E-state index contributed by atoms with van der Waals surface area (Å²) in [5.41, 5.74) is -1.82. The van der Waals surface area contributed by atoms with Crippen LogP contribution >= 0.6 is 0 Å². The molecule has 8 nitrogen and oxygen atoms in total. The van der Waals surface area contributed by atoms with Crippen molar-refractivity contribution in [3.63, 3.8) is 0 Å². The number of aromatic nitrogens is 3. The largest absolute Gasteiger partial charge is 0.484 e. The highest BCUT2D eigenvalue weighted by atomic mass is 19.4. The lowest BCUT2D eigenvalue weighted by Gasteiger charge is -2.39. The van der Waals surface area contributed by atoms with Crippen LogP contribution in [0.5, 0.6) is 5.75 Å². The quantitative estimate of drug-likeness (QED) is 0.467. The van der Waals surface area contributed by atoms with Crippen molar-refractivity contribution in [3.05, 3.63) is 72.3 Å². The molecule has 0 radical (unpaired) electrons. The SMILES string of the molecule is C[C@@H](N1CCN(c2ccc(OCC(F)(F)F)cc2)C1=O)[C@](O)(Cn1cncn1)c1ccc(F)cc1F. The number of benzene rings is 2. The van der Waals surface area contributed by atoms with E-state index < -0.39 is 42.1 Å². The number of hydrogen-bond acceptors (Lipinski definition) is 5. The van der Waals surface area contributed by atoms with Gasteiger partial charge in [0.1, 0.15) is 35.6 Å². The van der Waals surface area contributed by atoms with E-state index in [-0.39, 0.29) is 30.9 Å². The van der Waals surface area contributed by atoms with Crippen molar-refractivity contribution >= 4 is 11.7 Å². The van der Waals surface area contributed by atoms with Gasteiger partial charge in [-0.1, -0.05) is 6.07 Å². The van der Waals surface area contributed by atoms with Crippen molar-refractivity contribution < 1.29 is 36.6 Å². The number of aliphatic hydroxyl groups is 1. The van der Waals surface area contributed by atoms with Crippen LogP contribution in [-0.2, 0) is 12.1 Å². The maximum absolute atomic E-state index is 14.8. The predicted molar refractivity (Wildman–Crippen MR) is 117 cm³/mol. The first-order valence-electron chi connectivity index (χ1n) is 10.9. The average Bonchev–Trinajstić information content (AvgIpc) is 3.46. The van der Waals surface area contributed by atoms with Crippen molar-refractivity contribution in [3.8, 4) is 5.75 Å². The van der Waals surface area contributed by atoms with Gasteiger partial charge < -0.3 is 14.7 Å². The fourth-order valence-corrected chi connectivity index (χ4v) is 4.14. The molecule has 13 heteroatoms. The minimum absolute atomic E-state index is 0.0121. The standard InChI is InChI=1S/C23H22F5N5O3/c1-15(22(35,11-31-14-29-13-30-31)19-7-2-16(24)10-20(19)25)32-8-9-33(21(32)34)17-3-5-18(6-4-17)36-12-23(26,27)28/h2-7,10,13-15,35H,8-9,11-12H2,1H3/t15-,22-/m1/s1. The Kier molecular flexibility index (Phi) is 6.85. The predicted octanol–water partition coefficient (Wildman–Crippen LogP) is 3.72. The van der Waals surface area contributed by atoms with E-state index >= 15 is 0 Å². The number of rotatable bonds is 8. The van der Waals surface area contributed by atoms with Gasteiger partial charge in [0.15, 0.2) is 6.61 Å². The second kappa shape index (κ2) is 9.72. The van der Waals surface area contributed by atoms with Crippen molar-refractivity contribution in [1.29, 1.82) is 0 Å². The first kappa shape index (κ1) is 25.4. The van der Waals surface area contributed by atoms with Gasteiger partial charge in [0.05, 0.1) is 12.6 Å². The van der Waals surface area contributed by atoms with Gasteiger partial charge in [-0.2, -0.15) is 18.3 Å². The third-order valence-electron chi connectivity index (χ3n) is 6.02. The van der Waals surface area contributed by atoms with Crippen LogP contribution in [0.15, 0.2) is 55.1 Å². The van der Waals surface area contributed by atoms with Gasteiger partial charge in [-0.05, 0) is 37.3 Å². The minimum Gasteiger partial charge on any atom is -0.484 e. The van der Waals surface area contributed by atoms with Gasteiger partial charge in [0.2, 0.25) is 0 Å². The van der Waals surface area contributed by atoms with E-state index in [1.807, 2.05) is 0 Å². The first-order chi connectivity index (χ1) is 17.0. The van der Waals surface area contributed by atoms with Crippen molar-refractivity contribution in [2.75, 3.05) is 24.6 Å². The van der Waals surface area contributed by atoms with Crippen LogP contribution in [0.1, 0.15) is 12.5 Å². The Labute approximate surface area is 202 Å². The molecule has 2 heterocycles. The molecule has 2 atom stereocenters. The molecule has 2 amide bonds. The van der Waals surface area contributed by atoms with E-state index in [1.54, 1.807) is 0 Å². The lowest BCUT2D eigenvalue weighted by atomic mass is 9.85. The number of amides is 2. The summed E-state index contributed by atoms with van der Waals surface area (Å²) in [4.78, 5) is 19.8. The Morgan fingerprint density at radius 3 is 2.44 bits per heavy atom. The number of carbonyl (C=O) groups excluding carboxylic acids is 1. The molecule has 0 saturated carbocycles. The molecule has 1 aliphatic rings. The smallest absolute Gasteiger partial charge is 0.422 e. The van der Waals surface area contributed by atoms with E-state index in [0.717, 1.165) is 12.1 Å². The van der Waals surface area contributed by atoms with Crippen LogP contribution in [0.2, 0.25) is 0 Å². The average molecular weight is 511 g/mol. The summed E-state index contributed by atoms with van der Waals surface area (Å²) in [6.45, 7) is 0.192. The molecule has 0 aliphatic carbocycles. The molecule has 1 aromatic heterocycles. The van der Waals surface area contributed by atoms with E-state index in [0.29, 0.717) is 11.8 Å². The molecule has 3 aromatic rings. The van der Waals surface area contributed by atoms with Gasteiger partial charge >= 0.3 is 12.2 Å². The fraction of sp³-hybridized carbons (Fsp3) is 0.348. The first-order valence-corrected chi connectivity index (χ1v) is 10.9. The highest BCUT2D eigenvalue weighted by molar-refractivity contribution is 5.94. The zero-order valence-corrected chi connectivity index (χ0v) is 19.0. The van der Waals surface area contributed by atoms with Gasteiger partial charge in [-0.25, -0.2) is 23.2 Å². The molecular weight excluding hydrogens is 489 g/mol. The summed E-state index contributed by atoms with van der Waals surface area (Å²) in [6, 6.07) is 6.80. The highest BCUT2D eigenvalue weighted by Gasteiger charge is 2.46. The fourth-order valence-electron chi connectivity index (χ4n) is 4.14. The molecular formula is C23H22F5N5O3. The Hall–Kier alpha value is -3.74. The van der Waals surface area contributed by atoms with Gasteiger partial charge in [0.25, 0.3) is 0 Å². The molecule has 2 aromatic carbocycles. The number of alkyl halides is 3. The molecule has 1 N–H and O–H groups in total. The van der Waals surface area contributed by atoms with E-state index in [9.17, 15) is 31.9 Å².